The summed E-state index contributed by atoms with van der Waals surface area (Å²) in [6, 6.07) is 7.44. The van der Waals surface area contributed by atoms with Crippen LogP contribution < -0.4 is 0 Å². The number of benzene rings is 1. The Morgan fingerprint density at radius 1 is 1.39 bits per heavy atom. The van der Waals surface area contributed by atoms with E-state index in [9.17, 15) is 9.59 Å². The van der Waals surface area contributed by atoms with Crippen molar-refractivity contribution in [3.05, 3.63) is 35.4 Å². The smallest absolute Gasteiger partial charge is 0.337 e. The highest BCUT2D eigenvalue weighted by atomic mass is 16.5. The maximum atomic E-state index is 12.0. The molecule has 0 aliphatic heterocycles. The first kappa shape index (κ1) is 12.6. The zero-order chi connectivity index (χ0) is 13.1. The topological polar surface area (TPSA) is 46.6 Å². The van der Waals surface area contributed by atoms with Crippen LogP contribution in [-0.4, -0.2) is 37.0 Å². The molecule has 1 aromatic carbocycles. The lowest BCUT2D eigenvalue weighted by Gasteiger charge is -2.16. The SMILES string of the molecule is COC(=O)c1cccc(CC(=O)N(C)C2CC2)c1. The number of carbonyl (C=O) groups is 2. The van der Waals surface area contributed by atoms with Gasteiger partial charge in [0.25, 0.3) is 0 Å². The van der Waals surface area contributed by atoms with E-state index in [0.717, 1.165) is 18.4 Å². The van der Waals surface area contributed by atoms with E-state index in [4.69, 9.17) is 0 Å². The van der Waals surface area contributed by atoms with E-state index in [1.807, 2.05) is 13.1 Å². The minimum Gasteiger partial charge on any atom is -0.465 e. The quantitative estimate of drug-likeness (QED) is 0.760. The van der Waals surface area contributed by atoms with Gasteiger partial charge in [-0.25, -0.2) is 4.79 Å². The molecule has 0 N–H and O–H groups in total. The van der Waals surface area contributed by atoms with Crippen molar-refractivity contribution < 1.29 is 14.3 Å². The lowest BCUT2D eigenvalue weighted by molar-refractivity contribution is -0.129. The molecule has 1 aliphatic carbocycles. The van der Waals surface area contributed by atoms with Gasteiger partial charge in [-0.3, -0.25) is 4.79 Å². The lowest BCUT2D eigenvalue weighted by Crippen LogP contribution is -2.30. The van der Waals surface area contributed by atoms with E-state index < -0.39 is 0 Å². The number of rotatable bonds is 4. The molecule has 0 atom stereocenters. The summed E-state index contributed by atoms with van der Waals surface area (Å²) in [5, 5.41) is 0. The summed E-state index contributed by atoms with van der Waals surface area (Å²) < 4.78 is 4.66. The van der Waals surface area contributed by atoms with Crippen molar-refractivity contribution in [1.82, 2.24) is 4.90 Å². The fourth-order valence-corrected chi connectivity index (χ4v) is 1.89. The summed E-state index contributed by atoms with van der Waals surface area (Å²) in [5.74, 6) is -0.278. The molecule has 96 valence electrons. The van der Waals surface area contributed by atoms with Crippen LogP contribution in [0.3, 0.4) is 0 Å². The van der Waals surface area contributed by atoms with Gasteiger partial charge in [0.15, 0.2) is 0 Å². The van der Waals surface area contributed by atoms with Crippen LogP contribution in [0.2, 0.25) is 0 Å². The highest BCUT2D eigenvalue weighted by molar-refractivity contribution is 5.90. The van der Waals surface area contributed by atoms with Gasteiger partial charge in [-0.1, -0.05) is 12.1 Å². The highest BCUT2D eigenvalue weighted by Gasteiger charge is 2.29. The number of ether oxygens (including phenoxy) is 1. The molecule has 1 amide bonds. The summed E-state index contributed by atoms with van der Waals surface area (Å²) in [4.78, 5) is 25.1. The summed E-state index contributed by atoms with van der Waals surface area (Å²) >= 11 is 0. The minimum atomic E-state index is -0.375. The lowest BCUT2D eigenvalue weighted by atomic mass is 10.1. The average molecular weight is 247 g/mol. The number of nitrogens with zero attached hydrogens (tertiary/aromatic N) is 1. The van der Waals surface area contributed by atoms with Gasteiger partial charge < -0.3 is 9.64 Å². The van der Waals surface area contributed by atoms with Gasteiger partial charge in [0, 0.05) is 13.1 Å². The molecule has 0 heterocycles. The number of hydrogen-bond acceptors (Lipinski definition) is 3. The van der Waals surface area contributed by atoms with Crippen LogP contribution in [0.5, 0.6) is 0 Å². The molecule has 0 unspecified atom stereocenters. The van der Waals surface area contributed by atoms with Crippen LogP contribution in [0, 0.1) is 0 Å². The predicted octanol–water partition coefficient (Wildman–Crippen LogP) is 1.64. The number of likely N-dealkylation sites (N-methyl/N-ethyl adjacent to an activating group) is 1. The van der Waals surface area contributed by atoms with Crippen LogP contribution in [0.4, 0.5) is 0 Å². The van der Waals surface area contributed by atoms with Gasteiger partial charge in [0.05, 0.1) is 19.1 Å². The Balaban J connectivity index is 2.04. The van der Waals surface area contributed by atoms with E-state index in [0.29, 0.717) is 18.0 Å². The molecule has 4 nitrogen and oxygen atoms in total. The first-order valence-electron chi connectivity index (χ1n) is 6.04. The van der Waals surface area contributed by atoms with Crippen molar-refractivity contribution >= 4 is 11.9 Å². The van der Waals surface area contributed by atoms with Crippen LogP contribution in [-0.2, 0) is 16.0 Å². The van der Waals surface area contributed by atoms with E-state index in [1.165, 1.54) is 7.11 Å². The highest BCUT2D eigenvalue weighted by Crippen LogP contribution is 2.25. The van der Waals surface area contributed by atoms with Crippen LogP contribution in [0.25, 0.3) is 0 Å². The molecule has 1 aromatic rings. The molecule has 0 saturated heterocycles. The monoisotopic (exact) mass is 247 g/mol. The molecule has 1 aliphatic rings. The second-order valence-electron chi connectivity index (χ2n) is 4.60. The van der Waals surface area contributed by atoms with Crippen LogP contribution >= 0.6 is 0 Å². The van der Waals surface area contributed by atoms with Crippen molar-refractivity contribution in [3.8, 4) is 0 Å². The molecule has 1 fully saturated rings. The Kier molecular flexibility index (Phi) is 3.65. The largest absolute Gasteiger partial charge is 0.465 e. The molecule has 2 rings (SSSR count). The second kappa shape index (κ2) is 5.21. The van der Waals surface area contributed by atoms with E-state index in [-0.39, 0.29) is 11.9 Å². The molecular formula is C14H17NO3. The molecule has 0 aromatic heterocycles. The Labute approximate surface area is 107 Å². The predicted molar refractivity (Wildman–Crippen MR) is 67.3 cm³/mol. The van der Waals surface area contributed by atoms with Gasteiger partial charge >= 0.3 is 5.97 Å². The van der Waals surface area contributed by atoms with Crippen molar-refractivity contribution in [1.29, 1.82) is 0 Å². The zero-order valence-electron chi connectivity index (χ0n) is 10.7. The molecule has 1 saturated carbocycles. The maximum Gasteiger partial charge on any atom is 0.337 e. The molecule has 0 bridgehead atoms. The number of amides is 1. The summed E-state index contributed by atoms with van der Waals surface area (Å²) in [6.45, 7) is 0. The maximum absolute atomic E-state index is 12.0. The molecule has 0 radical (unpaired) electrons. The first-order chi connectivity index (χ1) is 8.61. The van der Waals surface area contributed by atoms with Gasteiger partial charge in [-0.05, 0) is 30.5 Å². The average Bonchev–Trinajstić information content (AvgIpc) is 3.21. The van der Waals surface area contributed by atoms with Gasteiger partial charge in [0.2, 0.25) is 5.91 Å². The summed E-state index contributed by atoms with van der Waals surface area (Å²) in [5.41, 5.74) is 1.33. The molecule has 18 heavy (non-hydrogen) atoms. The number of carbonyl (C=O) groups excluding carboxylic acids is 2. The number of hydrogen-bond donors (Lipinski definition) is 0. The van der Waals surface area contributed by atoms with Crippen molar-refractivity contribution in [2.45, 2.75) is 25.3 Å². The van der Waals surface area contributed by atoms with E-state index in [1.54, 1.807) is 23.1 Å². The van der Waals surface area contributed by atoms with E-state index in [2.05, 4.69) is 4.74 Å². The fraction of sp³-hybridized carbons (Fsp3) is 0.429. The summed E-state index contributed by atoms with van der Waals surface area (Å²) in [6.07, 6.45) is 2.53. The van der Waals surface area contributed by atoms with Gasteiger partial charge in [0.1, 0.15) is 0 Å². The first-order valence-corrected chi connectivity index (χ1v) is 6.04. The Bertz CT molecular complexity index is 466. The van der Waals surface area contributed by atoms with Crippen molar-refractivity contribution in [2.75, 3.05) is 14.2 Å². The third-order valence-corrected chi connectivity index (χ3v) is 3.19. The van der Waals surface area contributed by atoms with Gasteiger partial charge in [-0.15, -0.1) is 0 Å². The summed E-state index contributed by atoms with van der Waals surface area (Å²) in [7, 11) is 3.19. The number of methoxy groups -OCH3 is 1. The van der Waals surface area contributed by atoms with Crippen LogP contribution in [0.1, 0.15) is 28.8 Å². The normalized spacial score (nSPS) is 14.1. The fourth-order valence-electron chi connectivity index (χ4n) is 1.89. The zero-order valence-corrected chi connectivity index (χ0v) is 10.7. The molecule has 0 spiro atoms. The van der Waals surface area contributed by atoms with Crippen molar-refractivity contribution in [3.63, 3.8) is 0 Å². The third kappa shape index (κ3) is 2.88. The Hall–Kier alpha value is -1.84. The third-order valence-electron chi connectivity index (χ3n) is 3.19. The minimum absolute atomic E-state index is 0.0968. The Morgan fingerprint density at radius 2 is 2.11 bits per heavy atom. The van der Waals surface area contributed by atoms with E-state index >= 15 is 0 Å². The Morgan fingerprint density at radius 3 is 2.72 bits per heavy atom. The molecular weight excluding hydrogens is 230 g/mol. The van der Waals surface area contributed by atoms with Crippen molar-refractivity contribution in [2.24, 2.45) is 0 Å². The van der Waals surface area contributed by atoms with Gasteiger partial charge in [-0.2, -0.15) is 0 Å². The molecule has 4 heteroatoms. The van der Waals surface area contributed by atoms with Crippen LogP contribution in [0.15, 0.2) is 24.3 Å². The standard InChI is InChI=1S/C14H17NO3/c1-15(12-6-7-12)13(16)9-10-4-3-5-11(8-10)14(17)18-2/h3-5,8,12H,6-7,9H2,1-2H3. The second-order valence-corrected chi connectivity index (χ2v) is 4.60. The number of esters is 1.